The standard InChI is InChI=1S/C27H25N3O5/c1-17-12-20(8-11-25(17)31)24-14-23(29-27(33)30-24)19-6-9-21(10-7-19)35-16-26(32)28-15-18-4-3-5-22(13-18)34-2/h3-14,31H,15-16H2,1-2H3,(H,28,32)(H,29,30,33). The minimum Gasteiger partial charge on any atom is -0.508 e. The van der Waals surface area contributed by atoms with Gasteiger partial charge in [0, 0.05) is 12.1 Å². The van der Waals surface area contributed by atoms with Gasteiger partial charge in [0.1, 0.15) is 17.2 Å². The molecule has 0 spiro atoms. The number of aromatic amines is 1. The molecule has 0 atom stereocenters. The average molecular weight is 472 g/mol. The number of phenolic OH excluding ortho intramolecular Hbond substituents is 1. The lowest BCUT2D eigenvalue weighted by atomic mass is 10.1. The molecule has 0 radical (unpaired) electrons. The predicted octanol–water partition coefficient (Wildman–Crippen LogP) is 3.82. The lowest BCUT2D eigenvalue weighted by Crippen LogP contribution is -2.28. The van der Waals surface area contributed by atoms with Crippen LogP contribution in [-0.2, 0) is 11.3 Å². The second kappa shape index (κ2) is 10.6. The molecule has 0 saturated carbocycles. The Balaban J connectivity index is 1.39. The molecule has 3 aromatic carbocycles. The topological polar surface area (TPSA) is 114 Å². The largest absolute Gasteiger partial charge is 0.508 e. The number of aromatic nitrogens is 2. The van der Waals surface area contributed by atoms with Gasteiger partial charge in [-0.15, -0.1) is 0 Å². The number of aromatic hydroxyl groups is 1. The molecule has 1 amide bonds. The van der Waals surface area contributed by atoms with Crippen LogP contribution in [0.1, 0.15) is 11.1 Å². The van der Waals surface area contributed by atoms with Crippen molar-refractivity contribution in [2.75, 3.05) is 13.7 Å². The van der Waals surface area contributed by atoms with E-state index in [1.54, 1.807) is 62.6 Å². The van der Waals surface area contributed by atoms with Crippen molar-refractivity contribution < 1.29 is 19.4 Å². The van der Waals surface area contributed by atoms with Crippen molar-refractivity contribution in [1.82, 2.24) is 15.3 Å². The third-order valence-electron chi connectivity index (χ3n) is 5.40. The summed E-state index contributed by atoms with van der Waals surface area (Å²) in [5.41, 5.74) is 3.73. The molecule has 4 aromatic rings. The first kappa shape index (κ1) is 23.6. The maximum atomic E-state index is 12.2. The van der Waals surface area contributed by atoms with Gasteiger partial charge in [-0.25, -0.2) is 4.79 Å². The zero-order valence-corrected chi connectivity index (χ0v) is 19.4. The lowest BCUT2D eigenvalue weighted by Gasteiger charge is -2.10. The quantitative estimate of drug-likeness (QED) is 0.360. The second-order valence-corrected chi connectivity index (χ2v) is 7.93. The molecule has 8 heteroatoms. The second-order valence-electron chi connectivity index (χ2n) is 7.93. The molecule has 3 N–H and O–H groups in total. The van der Waals surface area contributed by atoms with Crippen LogP contribution < -0.4 is 20.5 Å². The van der Waals surface area contributed by atoms with Crippen molar-refractivity contribution in [2.45, 2.75) is 13.5 Å². The molecule has 0 fully saturated rings. The highest BCUT2D eigenvalue weighted by molar-refractivity contribution is 5.77. The highest BCUT2D eigenvalue weighted by Crippen LogP contribution is 2.26. The summed E-state index contributed by atoms with van der Waals surface area (Å²) in [7, 11) is 1.60. The summed E-state index contributed by atoms with van der Waals surface area (Å²) in [6.07, 6.45) is 0. The molecular weight excluding hydrogens is 446 g/mol. The summed E-state index contributed by atoms with van der Waals surface area (Å²) in [6, 6.07) is 21.3. The van der Waals surface area contributed by atoms with Gasteiger partial charge in [0.2, 0.25) is 0 Å². The molecule has 1 heterocycles. The molecule has 178 valence electrons. The highest BCUT2D eigenvalue weighted by atomic mass is 16.5. The van der Waals surface area contributed by atoms with Crippen molar-refractivity contribution in [1.29, 1.82) is 0 Å². The van der Waals surface area contributed by atoms with Gasteiger partial charge in [-0.1, -0.05) is 12.1 Å². The Morgan fingerprint density at radius 3 is 2.51 bits per heavy atom. The number of nitrogens with zero attached hydrogens (tertiary/aromatic N) is 1. The highest BCUT2D eigenvalue weighted by Gasteiger charge is 2.09. The van der Waals surface area contributed by atoms with Crippen LogP contribution in [0.2, 0.25) is 0 Å². The van der Waals surface area contributed by atoms with Gasteiger partial charge in [0.25, 0.3) is 5.91 Å². The van der Waals surface area contributed by atoms with E-state index in [-0.39, 0.29) is 18.3 Å². The molecule has 8 nitrogen and oxygen atoms in total. The normalized spacial score (nSPS) is 10.6. The number of amides is 1. The van der Waals surface area contributed by atoms with E-state index in [1.165, 1.54) is 0 Å². The minimum atomic E-state index is -0.476. The van der Waals surface area contributed by atoms with E-state index < -0.39 is 5.69 Å². The monoisotopic (exact) mass is 471 g/mol. The van der Waals surface area contributed by atoms with Gasteiger partial charge in [-0.05, 0) is 84.3 Å². The number of methoxy groups -OCH3 is 1. The first-order valence-electron chi connectivity index (χ1n) is 11.0. The third-order valence-corrected chi connectivity index (χ3v) is 5.40. The summed E-state index contributed by atoms with van der Waals surface area (Å²) in [4.78, 5) is 31.1. The molecule has 0 aliphatic carbocycles. The number of aryl methyl sites for hydroxylation is 1. The Bertz CT molecular complexity index is 1400. The van der Waals surface area contributed by atoms with Crippen molar-refractivity contribution >= 4 is 5.91 Å². The fourth-order valence-electron chi connectivity index (χ4n) is 3.49. The number of nitrogens with one attached hydrogen (secondary N) is 2. The first-order valence-corrected chi connectivity index (χ1v) is 11.0. The van der Waals surface area contributed by atoms with Crippen molar-refractivity contribution in [3.8, 4) is 39.8 Å². The zero-order valence-electron chi connectivity index (χ0n) is 19.4. The molecule has 35 heavy (non-hydrogen) atoms. The Labute approximate surface area is 202 Å². The molecule has 1 aromatic heterocycles. The number of hydrogen-bond donors (Lipinski definition) is 3. The zero-order chi connectivity index (χ0) is 24.8. The lowest BCUT2D eigenvalue weighted by molar-refractivity contribution is -0.123. The number of carbonyl (C=O) groups is 1. The summed E-state index contributed by atoms with van der Waals surface area (Å²) < 4.78 is 10.8. The van der Waals surface area contributed by atoms with Gasteiger partial charge in [-0.2, -0.15) is 4.98 Å². The Morgan fingerprint density at radius 2 is 1.77 bits per heavy atom. The van der Waals surface area contributed by atoms with E-state index in [2.05, 4.69) is 15.3 Å². The molecule has 0 aliphatic heterocycles. The van der Waals surface area contributed by atoms with Gasteiger partial charge >= 0.3 is 5.69 Å². The van der Waals surface area contributed by atoms with E-state index in [1.807, 2.05) is 24.3 Å². The Morgan fingerprint density at radius 1 is 1.00 bits per heavy atom. The maximum absolute atomic E-state index is 12.2. The summed E-state index contributed by atoms with van der Waals surface area (Å²) in [5.74, 6) is 1.19. The average Bonchev–Trinajstić information content (AvgIpc) is 2.88. The van der Waals surface area contributed by atoms with Crippen LogP contribution in [0.4, 0.5) is 0 Å². The number of benzene rings is 3. The minimum absolute atomic E-state index is 0.125. The number of ether oxygens (including phenoxy) is 2. The van der Waals surface area contributed by atoms with Crippen molar-refractivity contribution in [2.24, 2.45) is 0 Å². The van der Waals surface area contributed by atoms with E-state index in [4.69, 9.17) is 9.47 Å². The van der Waals surface area contributed by atoms with Crippen LogP contribution in [0.3, 0.4) is 0 Å². The van der Waals surface area contributed by atoms with E-state index in [9.17, 15) is 14.7 Å². The fraction of sp³-hybridized carbons (Fsp3) is 0.148. The smallest absolute Gasteiger partial charge is 0.345 e. The van der Waals surface area contributed by atoms with Gasteiger partial charge < -0.3 is 24.9 Å². The molecule has 0 bridgehead atoms. The van der Waals surface area contributed by atoms with Crippen LogP contribution in [0.5, 0.6) is 17.2 Å². The molecule has 0 saturated heterocycles. The maximum Gasteiger partial charge on any atom is 0.345 e. The van der Waals surface area contributed by atoms with E-state index >= 15 is 0 Å². The summed E-state index contributed by atoms with van der Waals surface area (Å²) in [5, 5.41) is 12.6. The third kappa shape index (κ3) is 6.05. The van der Waals surface area contributed by atoms with E-state index in [0.717, 1.165) is 22.4 Å². The van der Waals surface area contributed by atoms with Crippen molar-refractivity contribution in [3.05, 3.63) is 94.4 Å². The van der Waals surface area contributed by atoms with Gasteiger partial charge in [-0.3, -0.25) is 4.79 Å². The van der Waals surface area contributed by atoms with Gasteiger partial charge in [0.15, 0.2) is 6.61 Å². The SMILES string of the molecule is COc1cccc(CNC(=O)COc2ccc(-c3cc(-c4ccc(O)c(C)c4)nc(=O)[nH]3)cc2)c1. The number of phenols is 1. The predicted molar refractivity (Wildman–Crippen MR) is 132 cm³/mol. The molecule has 4 rings (SSSR count). The van der Waals surface area contributed by atoms with Gasteiger partial charge in [0.05, 0.1) is 18.5 Å². The molecular formula is C27H25N3O5. The molecule has 0 aliphatic rings. The number of carbonyl (C=O) groups excluding carboxylic acids is 1. The van der Waals surface area contributed by atoms with Crippen LogP contribution in [0.15, 0.2) is 77.6 Å². The van der Waals surface area contributed by atoms with E-state index in [0.29, 0.717) is 29.2 Å². The van der Waals surface area contributed by atoms with Crippen LogP contribution in [-0.4, -0.2) is 34.7 Å². The number of rotatable bonds is 8. The summed E-state index contributed by atoms with van der Waals surface area (Å²) >= 11 is 0. The Hall–Kier alpha value is -4.59. The Kier molecular flexibility index (Phi) is 7.11. The number of hydrogen-bond acceptors (Lipinski definition) is 6. The van der Waals surface area contributed by atoms with Crippen LogP contribution in [0, 0.1) is 6.92 Å². The van der Waals surface area contributed by atoms with Crippen LogP contribution >= 0.6 is 0 Å². The number of H-pyrrole nitrogens is 1. The van der Waals surface area contributed by atoms with Crippen LogP contribution in [0.25, 0.3) is 22.5 Å². The fourth-order valence-corrected chi connectivity index (χ4v) is 3.49. The summed E-state index contributed by atoms with van der Waals surface area (Å²) in [6.45, 7) is 2.03. The van der Waals surface area contributed by atoms with Crippen molar-refractivity contribution in [3.63, 3.8) is 0 Å². The first-order chi connectivity index (χ1) is 16.9. The molecule has 0 unspecified atom stereocenters.